The first-order chi connectivity index (χ1) is 16.2. The van der Waals surface area contributed by atoms with Gasteiger partial charge in [-0.05, 0) is 43.9 Å². The van der Waals surface area contributed by atoms with E-state index < -0.39 is 0 Å². The molecule has 1 aliphatic carbocycles. The van der Waals surface area contributed by atoms with Crippen LogP contribution in [0.4, 0.5) is 0 Å². The number of nitrogens with zero attached hydrogens (tertiary/aromatic N) is 7. The number of carbonyl (C=O) groups is 2. The molecule has 1 saturated carbocycles. The molecule has 5 rings (SSSR count). The third-order valence-electron chi connectivity index (χ3n) is 6.96. The summed E-state index contributed by atoms with van der Waals surface area (Å²) in [4.78, 5) is 42.7. The molecule has 3 unspecified atom stereocenters. The van der Waals surface area contributed by atoms with Crippen molar-refractivity contribution >= 4 is 37.5 Å². The van der Waals surface area contributed by atoms with E-state index in [4.69, 9.17) is 7.74 Å². The van der Waals surface area contributed by atoms with Gasteiger partial charge in [-0.25, -0.2) is 9.97 Å². The van der Waals surface area contributed by atoms with Gasteiger partial charge in [0.1, 0.15) is 18.1 Å². The number of Topliss-reactive ketones (excluding diaryl/α,β-unsaturated/α-hetero) is 1. The first-order valence-electron chi connectivity index (χ1n) is 11.4. The number of carbonyl (C=O) groups excluding carboxylic acids is 2. The summed E-state index contributed by atoms with van der Waals surface area (Å²) in [5.74, 6) is 0.862. The van der Waals surface area contributed by atoms with Gasteiger partial charge in [-0.1, -0.05) is 6.92 Å². The number of amides is 1. The van der Waals surface area contributed by atoms with Crippen LogP contribution in [0.3, 0.4) is 0 Å². The zero-order valence-corrected chi connectivity index (χ0v) is 19.9. The van der Waals surface area contributed by atoms with Crippen molar-refractivity contribution < 1.29 is 9.59 Å². The number of pyridine rings is 1. The van der Waals surface area contributed by atoms with E-state index in [2.05, 4.69) is 27.0 Å². The molecule has 1 aliphatic heterocycles. The molecule has 1 saturated heterocycles. The summed E-state index contributed by atoms with van der Waals surface area (Å²) in [6.45, 7) is 5.03. The highest BCUT2D eigenvalue weighted by Crippen LogP contribution is 2.60. The number of ketones is 1. The maximum absolute atomic E-state index is 13.2. The normalized spacial score (nSPS) is 23.4. The first-order valence-corrected chi connectivity index (χ1v) is 11.4. The summed E-state index contributed by atoms with van der Waals surface area (Å²) in [6.07, 6.45) is 6.20. The van der Waals surface area contributed by atoms with Gasteiger partial charge in [0.2, 0.25) is 5.91 Å². The monoisotopic (exact) mass is 454 g/mol. The van der Waals surface area contributed by atoms with E-state index in [1.165, 1.54) is 6.92 Å². The molecule has 3 radical (unpaired) electrons. The highest BCUT2D eigenvalue weighted by atomic mass is 16.2. The van der Waals surface area contributed by atoms with Crippen LogP contribution >= 0.6 is 0 Å². The van der Waals surface area contributed by atoms with Crippen LogP contribution in [0.2, 0.25) is 0 Å². The molecule has 9 nitrogen and oxygen atoms in total. The van der Waals surface area contributed by atoms with E-state index in [9.17, 15) is 9.59 Å². The lowest BCUT2D eigenvalue weighted by Crippen LogP contribution is -2.44. The second kappa shape index (κ2) is 8.30. The molecule has 1 amide bonds. The first kappa shape index (κ1) is 22.7. The summed E-state index contributed by atoms with van der Waals surface area (Å²) in [5.41, 5.74) is 2.50. The Hall–Kier alpha value is -3.07. The third-order valence-corrected chi connectivity index (χ3v) is 6.96. The summed E-state index contributed by atoms with van der Waals surface area (Å²) in [6, 6.07) is 1.81. The summed E-state index contributed by atoms with van der Waals surface area (Å²) in [7, 11) is 11.4. The molecule has 2 fully saturated rings. The fourth-order valence-corrected chi connectivity index (χ4v) is 5.04. The zero-order valence-electron chi connectivity index (χ0n) is 19.9. The van der Waals surface area contributed by atoms with Gasteiger partial charge >= 0.3 is 0 Å². The Bertz CT molecular complexity index is 1280. The number of fused-ring (bicyclic) bond motifs is 2. The van der Waals surface area contributed by atoms with Crippen LogP contribution in [-0.2, 0) is 17.9 Å². The SMILES string of the molecule is [B][B]C1C2CC2(C)CN1C(=O)Cn1nc(C(C)=O)c2cc(-c3cnc(CN(C)C)nc3)ncc21. The average molecular weight is 454 g/mol. The van der Waals surface area contributed by atoms with E-state index in [-0.39, 0.29) is 29.6 Å². The van der Waals surface area contributed by atoms with Crippen molar-refractivity contribution in [2.24, 2.45) is 11.3 Å². The maximum Gasteiger partial charge on any atom is 0.243 e. The van der Waals surface area contributed by atoms with E-state index in [0.717, 1.165) is 12.0 Å². The Kier molecular flexibility index (Phi) is 5.54. The molecule has 2 aliphatic rings. The maximum atomic E-state index is 13.2. The quantitative estimate of drug-likeness (QED) is 0.390. The van der Waals surface area contributed by atoms with Gasteiger partial charge in [-0.3, -0.25) is 19.3 Å². The van der Waals surface area contributed by atoms with Crippen molar-refractivity contribution in [3.63, 3.8) is 0 Å². The minimum atomic E-state index is -0.172. The molecule has 11 heteroatoms. The van der Waals surface area contributed by atoms with E-state index in [1.54, 1.807) is 30.4 Å². The Morgan fingerprint density at radius 1 is 1.24 bits per heavy atom. The van der Waals surface area contributed by atoms with Gasteiger partial charge in [0.25, 0.3) is 0 Å². The van der Waals surface area contributed by atoms with Crippen molar-refractivity contribution in [3.05, 3.63) is 36.2 Å². The molecule has 0 bridgehead atoms. The van der Waals surface area contributed by atoms with Crippen molar-refractivity contribution in [2.75, 3.05) is 20.6 Å². The Morgan fingerprint density at radius 3 is 2.62 bits per heavy atom. The molecule has 3 atom stereocenters. The minimum Gasteiger partial charge on any atom is -0.346 e. The van der Waals surface area contributed by atoms with Crippen LogP contribution in [0.25, 0.3) is 22.2 Å². The van der Waals surface area contributed by atoms with Gasteiger partial charge in [0.05, 0.1) is 31.1 Å². The van der Waals surface area contributed by atoms with Crippen LogP contribution in [0.15, 0.2) is 24.7 Å². The summed E-state index contributed by atoms with van der Waals surface area (Å²) in [5, 5.41) is 5.14. The van der Waals surface area contributed by atoms with Gasteiger partial charge in [-0.15, -0.1) is 0 Å². The number of likely N-dealkylation sites (tertiary alicyclic amines) is 1. The van der Waals surface area contributed by atoms with Gasteiger partial charge in [0.15, 0.2) is 5.78 Å². The number of aromatic nitrogens is 5. The fraction of sp³-hybridized carbons (Fsp3) is 0.478. The third kappa shape index (κ3) is 3.91. The number of hydrogen-bond donors (Lipinski definition) is 0. The predicted molar refractivity (Wildman–Crippen MR) is 129 cm³/mol. The van der Waals surface area contributed by atoms with Gasteiger partial charge < -0.3 is 9.80 Å². The van der Waals surface area contributed by atoms with Crippen LogP contribution in [-0.4, -0.2) is 87.7 Å². The van der Waals surface area contributed by atoms with Crippen molar-refractivity contribution in [3.8, 4) is 11.3 Å². The van der Waals surface area contributed by atoms with Crippen LogP contribution in [0.5, 0.6) is 0 Å². The Labute approximate surface area is 200 Å². The van der Waals surface area contributed by atoms with Crippen LogP contribution < -0.4 is 0 Å². The predicted octanol–water partition coefficient (Wildman–Crippen LogP) is 1.13. The smallest absolute Gasteiger partial charge is 0.243 e. The van der Waals surface area contributed by atoms with E-state index in [0.29, 0.717) is 47.1 Å². The molecule has 0 N–H and O–H groups in total. The molecule has 0 spiro atoms. The molecule has 0 aromatic carbocycles. The zero-order chi connectivity index (χ0) is 24.2. The number of hydrogen-bond acceptors (Lipinski definition) is 7. The lowest BCUT2D eigenvalue weighted by Gasteiger charge is -2.27. The second-order valence-corrected chi connectivity index (χ2v) is 9.94. The molecular formula is C23H26B2N7O2. The summed E-state index contributed by atoms with van der Waals surface area (Å²) >= 11 is 0. The largest absolute Gasteiger partial charge is 0.346 e. The van der Waals surface area contributed by atoms with Gasteiger partial charge in [0, 0.05) is 44.5 Å². The highest BCUT2D eigenvalue weighted by Gasteiger charge is 2.61. The fourth-order valence-electron chi connectivity index (χ4n) is 5.04. The lowest BCUT2D eigenvalue weighted by atomic mass is 9.49. The molecule has 3 aromatic rings. The molecule has 3 aromatic heterocycles. The Balaban J connectivity index is 1.44. The summed E-state index contributed by atoms with van der Waals surface area (Å²) < 4.78 is 1.57. The van der Waals surface area contributed by atoms with Crippen LogP contribution in [0.1, 0.15) is 36.6 Å². The Morgan fingerprint density at radius 2 is 1.97 bits per heavy atom. The topological polar surface area (TPSA) is 97.1 Å². The molecule has 4 heterocycles. The van der Waals surface area contributed by atoms with Crippen molar-refractivity contribution in [1.29, 1.82) is 0 Å². The highest BCUT2D eigenvalue weighted by molar-refractivity contribution is 6.90. The van der Waals surface area contributed by atoms with Crippen molar-refractivity contribution in [2.45, 2.75) is 39.3 Å². The van der Waals surface area contributed by atoms with Crippen molar-refractivity contribution in [1.82, 2.24) is 34.5 Å². The molecule has 171 valence electrons. The number of piperidine rings is 1. The lowest BCUT2D eigenvalue weighted by molar-refractivity contribution is -0.132. The minimum absolute atomic E-state index is 0.0281. The number of rotatable bonds is 7. The standard InChI is InChI=1S/C23H26B2N7O2/c1-13(33)21-15-5-17(14-7-27-19(28-8-14)10-30(3)4)26-9-18(15)32(29-21)11-20(34)31-12-23(2)6-16(23)22(31)25-24/h5,7-9,16,22H,6,10-12H2,1-4H3. The average Bonchev–Trinajstić information content (AvgIpc) is 3.18. The van der Waals surface area contributed by atoms with Gasteiger partial charge in [-0.2, -0.15) is 5.10 Å². The van der Waals surface area contributed by atoms with E-state index >= 15 is 0 Å². The molecule has 34 heavy (non-hydrogen) atoms. The van der Waals surface area contributed by atoms with Crippen LogP contribution in [0, 0.1) is 11.3 Å². The van der Waals surface area contributed by atoms with E-state index in [1.807, 2.05) is 30.0 Å². The second-order valence-electron chi connectivity index (χ2n) is 9.94. The molecular weight excluding hydrogens is 428 g/mol.